The molecule has 0 spiro atoms. The molecule has 0 atom stereocenters. The number of benzene rings is 1. The van der Waals surface area contributed by atoms with Gasteiger partial charge in [0.25, 0.3) is 0 Å². The lowest BCUT2D eigenvalue weighted by atomic mass is 9.81. The summed E-state index contributed by atoms with van der Waals surface area (Å²) < 4.78 is 2.11. The van der Waals surface area contributed by atoms with Gasteiger partial charge < -0.3 is 9.67 Å². The molecule has 0 radical (unpaired) electrons. The Morgan fingerprint density at radius 2 is 1.86 bits per heavy atom. The van der Waals surface area contributed by atoms with E-state index in [1.54, 1.807) is 0 Å². The highest BCUT2D eigenvalue weighted by atomic mass is 16.4. The molecule has 4 heteroatoms. The van der Waals surface area contributed by atoms with Gasteiger partial charge in [0.15, 0.2) is 0 Å². The van der Waals surface area contributed by atoms with Gasteiger partial charge in [0.05, 0.1) is 17.5 Å². The Kier molecular flexibility index (Phi) is 3.60. The molecule has 0 aliphatic rings. The minimum Gasteiger partial charge on any atom is -0.481 e. The van der Waals surface area contributed by atoms with Gasteiger partial charge in [0.2, 0.25) is 0 Å². The first-order valence-corrected chi connectivity index (χ1v) is 7.21. The van der Waals surface area contributed by atoms with Gasteiger partial charge in [-0.2, -0.15) is 0 Å². The topological polar surface area (TPSA) is 55.1 Å². The van der Waals surface area contributed by atoms with Crippen LogP contribution in [0.25, 0.3) is 11.0 Å². The van der Waals surface area contributed by atoms with E-state index in [4.69, 9.17) is 10.1 Å². The first kappa shape index (κ1) is 15.5. The van der Waals surface area contributed by atoms with Crippen LogP contribution >= 0.6 is 0 Å². The minimum absolute atomic E-state index is 0.0233. The molecule has 1 heterocycles. The molecular formula is C17H24N2O2. The molecule has 4 nitrogen and oxygen atoms in total. The smallest absolute Gasteiger partial charge is 0.304 e. The molecule has 21 heavy (non-hydrogen) atoms. The number of aromatic nitrogens is 2. The molecule has 114 valence electrons. The third-order valence-corrected chi connectivity index (χ3v) is 3.93. The van der Waals surface area contributed by atoms with Gasteiger partial charge in [0.1, 0.15) is 5.82 Å². The van der Waals surface area contributed by atoms with Crippen LogP contribution in [0.15, 0.2) is 18.2 Å². The van der Waals surface area contributed by atoms with Crippen LogP contribution in [0.3, 0.4) is 0 Å². The Labute approximate surface area is 125 Å². The quantitative estimate of drug-likeness (QED) is 0.938. The summed E-state index contributed by atoms with van der Waals surface area (Å²) in [6.45, 7) is 10.3. The zero-order chi connectivity index (χ0) is 16.0. The number of hydrogen-bond acceptors (Lipinski definition) is 2. The summed E-state index contributed by atoms with van der Waals surface area (Å²) in [5.74, 6) is 0.252. The van der Waals surface area contributed by atoms with Gasteiger partial charge in [0, 0.05) is 17.9 Å². The summed E-state index contributed by atoms with van der Waals surface area (Å²) >= 11 is 0. The average molecular weight is 288 g/mol. The Morgan fingerprint density at radius 1 is 1.24 bits per heavy atom. The van der Waals surface area contributed by atoms with Crippen LogP contribution in [0.1, 0.15) is 52.4 Å². The van der Waals surface area contributed by atoms with Crippen molar-refractivity contribution < 1.29 is 9.90 Å². The zero-order valence-corrected chi connectivity index (χ0v) is 13.7. The van der Waals surface area contributed by atoms with E-state index in [0.717, 1.165) is 22.4 Å². The van der Waals surface area contributed by atoms with E-state index in [1.165, 1.54) is 0 Å². The molecule has 0 amide bonds. The Balaban J connectivity index is 2.55. The summed E-state index contributed by atoms with van der Waals surface area (Å²) in [5.41, 5.74) is 2.59. The van der Waals surface area contributed by atoms with Crippen molar-refractivity contribution in [3.63, 3.8) is 0 Å². The van der Waals surface area contributed by atoms with E-state index < -0.39 is 11.4 Å². The normalized spacial score (nSPS) is 12.9. The third kappa shape index (κ3) is 2.94. The van der Waals surface area contributed by atoms with Crippen molar-refractivity contribution >= 4 is 17.0 Å². The summed E-state index contributed by atoms with van der Waals surface area (Å²) in [6.07, 6.45) is 0.109. The summed E-state index contributed by atoms with van der Waals surface area (Å²) in [6, 6.07) is 6.07. The van der Waals surface area contributed by atoms with Crippen LogP contribution in [0.4, 0.5) is 0 Å². The van der Waals surface area contributed by atoms with Crippen LogP contribution in [0.2, 0.25) is 0 Å². The lowest BCUT2D eigenvalue weighted by Gasteiger charge is -2.23. The fourth-order valence-electron chi connectivity index (χ4n) is 2.77. The summed E-state index contributed by atoms with van der Waals surface area (Å²) in [4.78, 5) is 15.8. The molecule has 0 unspecified atom stereocenters. The van der Waals surface area contributed by atoms with Crippen LogP contribution in [-0.4, -0.2) is 20.6 Å². The van der Waals surface area contributed by atoms with E-state index in [9.17, 15) is 4.79 Å². The number of carboxylic acids is 1. The Bertz CT molecular complexity index is 691. The maximum absolute atomic E-state index is 11.0. The monoisotopic (exact) mass is 288 g/mol. The minimum atomic E-state index is -0.781. The van der Waals surface area contributed by atoms with Crippen molar-refractivity contribution in [1.82, 2.24) is 9.55 Å². The number of carbonyl (C=O) groups is 1. The van der Waals surface area contributed by atoms with E-state index in [2.05, 4.69) is 25.3 Å². The second kappa shape index (κ2) is 4.86. The lowest BCUT2D eigenvalue weighted by Crippen LogP contribution is -2.21. The molecule has 1 aromatic carbocycles. The number of rotatable bonds is 3. The standard InChI is InChI=1S/C17H24N2O2/c1-16(2,3)15-18-12-9-11(7-8-13(12)19(15)6)17(4,5)10-14(20)21/h7-9H,10H2,1-6H3,(H,20,21). The molecule has 0 aliphatic carbocycles. The fraction of sp³-hybridized carbons (Fsp3) is 0.529. The van der Waals surface area contributed by atoms with Gasteiger partial charge in [-0.3, -0.25) is 4.79 Å². The molecule has 2 aromatic rings. The van der Waals surface area contributed by atoms with E-state index in [0.29, 0.717) is 0 Å². The van der Waals surface area contributed by atoms with Gasteiger partial charge in [-0.05, 0) is 17.7 Å². The van der Waals surface area contributed by atoms with E-state index >= 15 is 0 Å². The third-order valence-electron chi connectivity index (χ3n) is 3.93. The van der Waals surface area contributed by atoms with Crippen molar-refractivity contribution in [3.05, 3.63) is 29.6 Å². The number of aliphatic carboxylic acids is 1. The number of carboxylic acid groups (broad SMARTS) is 1. The van der Waals surface area contributed by atoms with Crippen molar-refractivity contribution in [2.45, 2.75) is 51.9 Å². The molecule has 1 aromatic heterocycles. The second-order valence-electron chi connectivity index (χ2n) is 7.40. The maximum atomic E-state index is 11.0. The highest BCUT2D eigenvalue weighted by molar-refractivity contribution is 5.78. The van der Waals surface area contributed by atoms with Crippen LogP contribution < -0.4 is 0 Å². The van der Waals surface area contributed by atoms with Crippen molar-refractivity contribution in [2.75, 3.05) is 0 Å². The predicted octanol–water partition coefficient (Wildman–Crippen LogP) is 3.62. The number of nitrogens with zero attached hydrogens (tertiary/aromatic N) is 2. The fourth-order valence-corrected chi connectivity index (χ4v) is 2.77. The van der Waals surface area contributed by atoms with Crippen LogP contribution in [-0.2, 0) is 22.7 Å². The molecule has 0 fully saturated rings. The van der Waals surface area contributed by atoms with E-state index in [1.807, 2.05) is 39.1 Å². The first-order chi connectivity index (χ1) is 9.52. The number of hydrogen-bond donors (Lipinski definition) is 1. The van der Waals surface area contributed by atoms with Gasteiger partial charge >= 0.3 is 5.97 Å². The van der Waals surface area contributed by atoms with Crippen molar-refractivity contribution in [1.29, 1.82) is 0 Å². The first-order valence-electron chi connectivity index (χ1n) is 7.21. The summed E-state index contributed by atoms with van der Waals surface area (Å²) in [5, 5.41) is 9.06. The SMILES string of the molecule is Cn1c(C(C)(C)C)nc2cc(C(C)(C)CC(=O)O)ccc21. The molecular weight excluding hydrogens is 264 g/mol. The molecule has 0 saturated heterocycles. The van der Waals surface area contributed by atoms with E-state index in [-0.39, 0.29) is 11.8 Å². The number of aryl methyl sites for hydroxylation is 1. The Hall–Kier alpha value is -1.84. The van der Waals surface area contributed by atoms with Crippen LogP contribution in [0.5, 0.6) is 0 Å². The van der Waals surface area contributed by atoms with Gasteiger partial charge in [-0.25, -0.2) is 4.98 Å². The Morgan fingerprint density at radius 3 is 2.38 bits per heavy atom. The maximum Gasteiger partial charge on any atom is 0.304 e. The zero-order valence-electron chi connectivity index (χ0n) is 13.7. The van der Waals surface area contributed by atoms with Crippen LogP contribution in [0, 0.1) is 0 Å². The predicted molar refractivity (Wildman–Crippen MR) is 84.7 cm³/mol. The molecule has 2 rings (SSSR count). The van der Waals surface area contributed by atoms with Crippen molar-refractivity contribution in [2.24, 2.45) is 7.05 Å². The highest BCUT2D eigenvalue weighted by Crippen LogP contribution is 2.31. The second-order valence-corrected chi connectivity index (χ2v) is 7.40. The molecule has 0 saturated carbocycles. The summed E-state index contributed by atoms with van der Waals surface area (Å²) in [7, 11) is 2.03. The average Bonchev–Trinajstić information content (AvgIpc) is 2.64. The van der Waals surface area contributed by atoms with Gasteiger partial charge in [-0.1, -0.05) is 40.7 Å². The number of imidazole rings is 1. The largest absolute Gasteiger partial charge is 0.481 e. The lowest BCUT2D eigenvalue weighted by molar-refractivity contribution is -0.138. The molecule has 0 bridgehead atoms. The number of fused-ring (bicyclic) bond motifs is 1. The molecule has 1 N–H and O–H groups in total. The highest BCUT2D eigenvalue weighted by Gasteiger charge is 2.26. The molecule has 0 aliphatic heterocycles. The van der Waals surface area contributed by atoms with Crippen molar-refractivity contribution in [3.8, 4) is 0 Å². The van der Waals surface area contributed by atoms with Gasteiger partial charge in [-0.15, -0.1) is 0 Å².